The molecule has 2 aromatic carbocycles. The van der Waals surface area contributed by atoms with Crippen LogP contribution in [0.25, 0.3) is 10.9 Å². The lowest BCUT2D eigenvalue weighted by Gasteiger charge is -2.16. The van der Waals surface area contributed by atoms with Crippen molar-refractivity contribution in [3.63, 3.8) is 0 Å². The molecule has 1 atom stereocenters. The lowest BCUT2D eigenvalue weighted by molar-refractivity contribution is -0.128. The molecule has 0 saturated carbocycles. The molecule has 0 radical (unpaired) electrons. The highest BCUT2D eigenvalue weighted by Crippen LogP contribution is 2.32. The highest BCUT2D eigenvalue weighted by atomic mass is 19.1. The number of likely N-dealkylation sites (tertiary alicyclic amines) is 1. The minimum absolute atomic E-state index is 0.0865. The third-order valence-electron chi connectivity index (χ3n) is 5.37. The summed E-state index contributed by atoms with van der Waals surface area (Å²) in [7, 11) is 1.68. The highest BCUT2D eigenvalue weighted by Gasteiger charge is 2.31. The lowest BCUT2D eigenvalue weighted by Crippen LogP contribution is -2.40. The van der Waals surface area contributed by atoms with E-state index in [1.54, 1.807) is 35.0 Å². The molecular weight excluding hydrogens is 418 g/mol. The fraction of sp³-hybridized carbons (Fsp3) is 0.348. The number of halogens is 2. The van der Waals surface area contributed by atoms with Gasteiger partial charge in [-0.1, -0.05) is 13.8 Å². The minimum Gasteiger partial charge on any atom is -0.453 e. The summed E-state index contributed by atoms with van der Waals surface area (Å²) in [5.74, 6) is -2.12. The smallest absolute Gasteiger partial charge is 0.255 e. The monoisotopic (exact) mass is 442 g/mol. The van der Waals surface area contributed by atoms with E-state index in [9.17, 15) is 18.4 Å². The molecular formula is C23H24F2N4O3. The van der Waals surface area contributed by atoms with Crippen LogP contribution in [0.3, 0.4) is 0 Å². The number of carbonyl (C=O) groups excluding carboxylic acids is 2. The van der Waals surface area contributed by atoms with Crippen LogP contribution in [0.5, 0.6) is 11.5 Å². The first-order valence-corrected chi connectivity index (χ1v) is 10.4. The molecule has 2 heterocycles. The first-order chi connectivity index (χ1) is 15.2. The number of benzene rings is 2. The van der Waals surface area contributed by atoms with Crippen molar-refractivity contribution in [2.45, 2.75) is 32.9 Å². The molecule has 2 amide bonds. The van der Waals surface area contributed by atoms with Crippen molar-refractivity contribution in [2.75, 3.05) is 13.6 Å². The second kappa shape index (κ2) is 8.57. The number of nitrogens with one attached hydrogen (secondary N) is 1. The Balaban J connectivity index is 1.74. The van der Waals surface area contributed by atoms with Gasteiger partial charge in [0.1, 0.15) is 17.6 Å². The lowest BCUT2D eigenvalue weighted by atomic mass is 10.1. The van der Waals surface area contributed by atoms with E-state index in [2.05, 4.69) is 24.3 Å². The van der Waals surface area contributed by atoms with Crippen molar-refractivity contribution in [3.8, 4) is 11.5 Å². The van der Waals surface area contributed by atoms with Crippen molar-refractivity contribution in [2.24, 2.45) is 5.92 Å². The second-order valence-corrected chi connectivity index (χ2v) is 8.38. The van der Waals surface area contributed by atoms with E-state index < -0.39 is 23.6 Å². The zero-order valence-electron chi connectivity index (χ0n) is 18.1. The fourth-order valence-electron chi connectivity index (χ4n) is 3.73. The molecule has 1 aliphatic rings. The SMILES string of the molecule is CC(C)Cn1ncc2cc(Oc3ccc(F)cc3F)c(C(=O)NC3CCN(C)C3=O)cc21. The normalized spacial score (nSPS) is 16.2. The minimum atomic E-state index is -0.889. The first kappa shape index (κ1) is 21.7. The summed E-state index contributed by atoms with van der Waals surface area (Å²) in [5, 5.41) is 7.84. The number of aromatic nitrogens is 2. The number of ether oxygens (including phenoxy) is 1. The summed E-state index contributed by atoms with van der Waals surface area (Å²) in [5.41, 5.74) is 0.847. The van der Waals surface area contributed by atoms with Crippen molar-refractivity contribution >= 4 is 22.7 Å². The number of hydrogen-bond donors (Lipinski definition) is 1. The zero-order valence-corrected chi connectivity index (χ0v) is 18.1. The Bertz CT molecular complexity index is 1190. The van der Waals surface area contributed by atoms with Gasteiger partial charge in [0.25, 0.3) is 5.91 Å². The predicted octanol–water partition coefficient (Wildman–Crippen LogP) is 3.72. The van der Waals surface area contributed by atoms with E-state index in [4.69, 9.17) is 4.74 Å². The molecule has 0 aliphatic carbocycles. The number of nitrogens with zero attached hydrogens (tertiary/aromatic N) is 3. The third-order valence-corrected chi connectivity index (χ3v) is 5.37. The Morgan fingerprint density at radius 2 is 2.03 bits per heavy atom. The van der Waals surface area contributed by atoms with Gasteiger partial charge in [0.15, 0.2) is 11.6 Å². The summed E-state index contributed by atoms with van der Waals surface area (Å²) < 4.78 is 35.0. The molecule has 3 aromatic rings. The molecule has 168 valence electrons. The molecule has 1 fully saturated rings. The fourth-order valence-corrected chi connectivity index (χ4v) is 3.73. The average Bonchev–Trinajstić information content (AvgIpc) is 3.26. The molecule has 7 nitrogen and oxygen atoms in total. The Hall–Kier alpha value is -3.49. The van der Waals surface area contributed by atoms with E-state index >= 15 is 0 Å². The number of amides is 2. The summed E-state index contributed by atoms with van der Waals surface area (Å²) in [6.45, 7) is 5.30. The van der Waals surface area contributed by atoms with Crippen molar-refractivity contribution in [3.05, 3.63) is 53.7 Å². The summed E-state index contributed by atoms with van der Waals surface area (Å²) in [4.78, 5) is 27.0. The molecule has 1 aromatic heterocycles. The molecule has 1 aliphatic heterocycles. The van der Waals surface area contributed by atoms with Crippen LogP contribution in [0.4, 0.5) is 8.78 Å². The average molecular weight is 442 g/mol. The number of fused-ring (bicyclic) bond motifs is 1. The van der Waals surface area contributed by atoms with Gasteiger partial charge in [-0.15, -0.1) is 0 Å². The van der Waals surface area contributed by atoms with E-state index in [1.165, 1.54) is 0 Å². The van der Waals surface area contributed by atoms with Gasteiger partial charge in [0, 0.05) is 31.6 Å². The summed E-state index contributed by atoms with van der Waals surface area (Å²) in [6.07, 6.45) is 2.14. The van der Waals surface area contributed by atoms with Crippen LogP contribution in [0.15, 0.2) is 36.5 Å². The van der Waals surface area contributed by atoms with E-state index in [1.807, 2.05) is 0 Å². The van der Waals surface area contributed by atoms with Gasteiger partial charge < -0.3 is 15.0 Å². The van der Waals surface area contributed by atoms with Gasteiger partial charge in [0.2, 0.25) is 5.91 Å². The van der Waals surface area contributed by atoms with Crippen LogP contribution >= 0.6 is 0 Å². The molecule has 1 unspecified atom stereocenters. The number of rotatable bonds is 6. The van der Waals surface area contributed by atoms with Crippen LogP contribution in [-0.2, 0) is 11.3 Å². The van der Waals surface area contributed by atoms with Crippen molar-refractivity contribution in [1.82, 2.24) is 20.0 Å². The van der Waals surface area contributed by atoms with Crippen LogP contribution in [0.2, 0.25) is 0 Å². The summed E-state index contributed by atoms with van der Waals surface area (Å²) >= 11 is 0. The van der Waals surface area contributed by atoms with Crippen molar-refractivity contribution < 1.29 is 23.1 Å². The Labute approximate surface area is 183 Å². The van der Waals surface area contributed by atoms with Crippen molar-refractivity contribution in [1.29, 1.82) is 0 Å². The maximum Gasteiger partial charge on any atom is 0.255 e. The van der Waals surface area contributed by atoms with Crippen LogP contribution < -0.4 is 10.1 Å². The van der Waals surface area contributed by atoms with Crippen LogP contribution in [-0.4, -0.2) is 46.1 Å². The van der Waals surface area contributed by atoms with Gasteiger partial charge in [-0.3, -0.25) is 14.3 Å². The third kappa shape index (κ3) is 4.28. The molecule has 0 spiro atoms. The van der Waals surface area contributed by atoms with E-state index in [0.29, 0.717) is 42.4 Å². The predicted molar refractivity (Wildman–Crippen MR) is 115 cm³/mol. The van der Waals surface area contributed by atoms with Gasteiger partial charge in [-0.05, 0) is 36.6 Å². The standard InChI is InChI=1S/C23H24F2N4O3/c1-13(2)12-29-19-10-16(22(30)27-18-6-7-28(3)23(18)31)21(8-14(19)11-26-29)32-20-5-4-15(24)9-17(20)25/h4-5,8-11,13,18H,6-7,12H2,1-3H3,(H,27,30). The first-order valence-electron chi connectivity index (χ1n) is 10.4. The molecule has 9 heteroatoms. The largest absolute Gasteiger partial charge is 0.453 e. The van der Waals surface area contributed by atoms with Gasteiger partial charge in [0.05, 0.1) is 17.3 Å². The van der Waals surface area contributed by atoms with Gasteiger partial charge >= 0.3 is 0 Å². The van der Waals surface area contributed by atoms with Gasteiger partial charge in [-0.25, -0.2) is 8.78 Å². The Morgan fingerprint density at radius 3 is 2.69 bits per heavy atom. The quantitative estimate of drug-likeness (QED) is 0.631. The molecule has 0 bridgehead atoms. The highest BCUT2D eigenvalue weighted by molar-refractivity contribution is 6.03. The molecule has 32 heavy (non-hydrogen) atoms. The molecule has 1 N–H and O–H groups in total. The number of hydrogen-bond acceptors (Lipinski definition) is 4. The topological polar surface area (TPSA) is 76.5 Å². The zero-order chi connectivity index (χ0) is 23.0. The maximum absolute atomic E-state index is 14.2. The maximum atomic E-state index is 14.2. The van der Waals surface area contributed by atoms with Crippen LogP contribution in [0, 0.1) is 17.6 Å². The molecule has 4 rings (SSSR count). The number of likely N-dealkylation sites (N-methyl/N-ethyl adjacent to an activating group) is 1. The second-order valence-electron chi connectivity index (χ2n) is 8.38. The van der Waals surface area contributed by atoms with Crippen LogP contribution in [0.1, 0.15) is 30.6 Å². The van der Waals surface area contributed by atoms with E-state index in [-0.39, 0.29) is 23.0 Å². The summed E-state index contributed by atoms with van der Waals surface area (Å²) in [6, 6.07) is 5.53. The molecule has 1 saturated heterocycles. The van der Waals surface area contributed by atoms with Gasteiger partial charge in [-0.2, -0.15) is 5.10 Å². The number of carbonyl (C=O) groups is 2. The van der Waals surface area contributed by atoms with E-state index in [0.717, 1.165) is 12.1 Å². The Kier molecular flexibility index (Phi) is 5.82. The Morgan fingerprint density at radius 1 is 1.25 bits per heavy atom.